The fraction of sp³-hybridized carbons (Fsp3) is 0.900. The van der Waals surface area contributed by atoms with Gasteiger partial charge in [0.25, 0.3) is 0 Å². The average Bonchev–Trinajstić information content (AvgIpc) is 2.57. The summed E-state index contributed by atoms with van der Waals surface area (Å²) in [5.41, 5.74) is 0. The van der Waals surface area contributed by atoms with E-state index in [-0.39, 0.29) is 12.8 Å². The smallest absolute Gasteiger partial charge is 0.303 e. The lowest BCUT2D eigenvalue weighted by Crippen LogP contribution is -1.97. The molecule has 0 unspecified atom stereocenters. The number of hydrogen-bond acceptors (Lipinski definition) is 3. The average molecular weight is 361 g/mol. The first-order valence-electron chi connectivity index (χ1n) is 10.1. The van der Waals surface area contributed by atoms with Crippen LogP contribution in [-0.4, -0.2) is 33.9 Å². The molecule has 0 bridgehead atoms. The van der Waals surface area contributed by atoms with Crippen LogP contribution >= 0.6 is 0 Å². The van der Waals surface area contributed by atoms with Crippen molar-refractivity contribution >= 4 is 11.9 Å². The molecule has 0 fully saturated rings. The van der Waals surface area contributed by atoms with Crippen LogP contribution in [0.15, 0.2) is 0 Å². The number of carboxylic acid groups (broad SMARTS) is 2. The fourth-order valence-corrected chi connectivity index (χ4v) is 2.51. The predicted octanol–water partition coefficient (Wildman–Crippen LogP) is 5.40. The maximum Gasteiger partial charge on any atom is 0.303 e. The Morgan fingerprint density at radius 1 is 0.560 bits per heavy atom. The van der Waals surface area contributed by atoms with Crippen molar-refractivity contribution in [3.05, 3.63) is 0 Å². The molecular weight excluding hydrogens is 320 g/mol. The van der Waals surface area contributed by atoms with E-state index >= 15 is 0 Å². The van der Waals surface area contributed by atoms with Crippen molar-refractivity contribution < 1.29 is 24.9 Å². The van der Waals surface area contributed by atoms with E-state index in [4.69, 9.17) is 15.3 Å². The molecule has 0 aliphatic carbocycles. The molecule has 0 atom stereocenters. The Morgan fingerprint density at radius 2 is 0.880 bits per heavy atom. The van der Waals surface area contributed by atoms with Crippen LogP contribution in [0.25, 0.3) is 0 Å². The highest BCUT2D eigenvalue weighted by Crippen LogP contribution is 2.11. The first-order chi connectivity index (χ1) is 12.0. The molecule has 0 spiro atoms. The molecule has 0 heterocycles. The first kappa shape index (κ1) is 26.1. The Hall–Kier alpha value is -1.10. The minimum atomic E-state index is -0.870. The van der Waals surface area contributed by atoms with E-state index in [9.17, 15) is 9.59 Å². The molecule has 5 nitrogen and oxygen atoms in total. The Kier molecular flexibility index (Phi) is 23.9. The molecule has 0 saturated carbocycles. The summed E-state index contributed by atoms with van der Waals surface area (Å²) in [7, 11) is 0. The summed E-state index contributed by atoms with van der Waals surface area (Å²) >= 11 is 0. The van der Waals surface area contributed by atoms with Gasteiger partial charge in [0.2, 0.25) is 0 Å². The highest BCUT2D eigenvalue weighted by atomic mass is 16.4. The van der Waals surface area contributed by atoms with E-state index in [2.05, 4.69) is 6.92 Å². The van der Waals surface area contributed by atoms with Gasteiger partial charge in [-0.1, -0.05) is 77.6 Å². The molecule has 0 radical (unpaired) electrons. The summed E-state index contributed by atoms with van der Waals surface area (Å²) in [6.45, 7) is 2.64. The molecule has 5 heteroatoms. The quantitative estimate of drug-likeness (QED) is 0.302. The standard InChI is InChI=1S/C14H30O.C6H10O4/c1-2-3-4-5-6-7-8-9-10-11-12-13-14-15;7-5(8)3-1-2-4-6(9)10/h15H,2-14H2,1H3;1-4H2,(H,7,8)(H,9,10). The van der Waals surface area contributed by atoms with Crippen LogP contribution in [-0.2, 0) is 9.59 Å². The minimum absolute atomic E-state index is 0.0628. The Bertz CT molecular complexity index is 264. The van der Waals surface area contributed by atoms with Crippen LogP contribution in [0.5, 0.6) is 0 Å². The molecule has 150 valence electrons. The topological polar surface area (TPSA) is 94.8 Å². The highest BCUT2D eigenvalue weighted by Gasteiger charge is 1.99. The molecule has 0 amide bonds. The van der Waals surface area contributed by atoms with Gasteiger partial charge in [0, 0.05) is 19.4 Å². The third kappa shape index (κ3) is 31.2. The van der Waals surface area contributed by atoms with Gasteiger partial charge in [0.1, 0.15) is 0 Å². The van der Waals surface area contributed by atoms with Gasteiger partial charge in [-0.05, 0) is 19.3 Å². The van der Waals surface area contributed by atoms with Gasteiger partial charge in [0.05, 0.1) is 0 Å². The summed E-state index contributed by atoms with van der Waals surface area (Å²) in [4.78, 5) is 19.8. The molecule has 0 aromatic rings. The van der Waals surface area contributed by atoms with E-state index in [1.54, 1.807) is 0 Å². The van der Waals surface area contributed by atoms with Gasteiger partial charge in [-0.3, -0.25) is 9.59 Å². The summed E-state index contributed by atoms with van der Waals surface area (Å²) in [5.74, 6) is -1.74. The molecular formula is C20H40O5. The molecule has 0 aliphatic rings. The number of aliphatic carboxylic acids is 2. The van der Waals surface area contributed by atoms with Crippen LogP contribution in [0.1, 0.15) is 110 Å². The lowest BCUT2D eigenvalue weighted by molar-refractivity contribution is -0.139. The monoisotopic (exact) mass is 360 g/mol. The zero-order chi connectivity index (χ0) is 19.2. The zero-order valence-electron chi connectivity index (χ0n) is 16.2. The Labute approximate surface area is 153 Å². The summed E-state index contributed by atoms with van der Waals surface area (Å²) in [6.07, 6.45) is 17.3. The lowest BCUT2D eigenvalue weighted by atomic mass is 10.1. The summed E-state index contributed by atoms with van der Waals surface area (Å²) in [5, 5.41) is 24.9. The SMILES string of the molecule is CCCCCCCCCCCCCCO.O=C(O)CCCCC(=O)O. The van der Waals surface area contributed by atoms with Crippen molar-refractivity contribution in [3.8, 4) is 0 Å². The third-order valence-corrected chi connectivity index (χ3v) is 4.04. The van der Waals surface area contributed by atoms with Gasteiger partial charge < -0.3 is 15.3 Å². The van der Waals surface area contributed by atoms with E-state index in [1.165, 1.54) is 70.6 Å². The molecule has 0 aromatic heterocycles. The second-order valence-corrected chi connectivity index (χ2v) is 6.61. The van der Waals surface area contributed by atoms with E-state index in [0.717, 1.165) is 6.42 Å². The van der Waals surface area contributed by atoms with Crippen LogP contribution in [0, 0.1) is 0 Å². The maximum atomic E-state index is 9.90. The van der Waals surface area contributed by atoms with Crippen molar-refractivity contribution in [1.29, 1.82) is 0 Å². The van der Waals surface area contributed by atoms with Crippen molar-refractivity contribution in [3.63, 3.8) is 0 Å². The van der Waals surface area contributed by atoms with Crippen LogP contribution in [0.3, 0.4) is 0 Å². The van der Waals surface area contributed by atoms with Crippen LogP contribution < -0.4 is 0 Å². The predicted molar refractivity (Wildman–Crippen MR) is 102 cm³/mol. The molecule has 3 N–H and O–H groups in total. The molecule has 0 aliphatic heterocycles. The molecule has 25 heavy (non-hydrogen) atoms. The Balaban J connectivity index is 0. The van der Waals surface area contributed by atoms with E-state index < -0.39 is 11.9 Å². The van der Waals surface area contributed by atoms with Crippen molar-refractivity contribution in [1.82, 2.24) is 0 Å². The Morgan fingerprint density at radius 3 is 1.16 bits per heavy atom. The number of aliphatic hydroxyl groups is 1. The van der Waals surface area contributed by atoms with Crippen molar-refractivity contribution in [2.45, 2.75) is 110 Å². The van der Waals surface area contributed by atoms with Crippen LogP contribution in [0.2, 0.25) is 0 Å². The zero-order valence-corrected chi connectivity index (χ0v) is 16.2. The summed E-state index contributed by atoms with van der Waals surface area (Å²) in [6, 6.07) is 0. The lowest BCUT2D eigenvalue weighted by Gasteiger charge is -2.01. The van der Waals surface area contributed by atoms with Crippen LogP contribution in [0.4, 0.5) is 0 Å². The number of unbranched alkanes of at least 4 members (excludes halogenated alkanes) is 12. The number of rotatable bonds is 17. The van der Waals surface area contributed by atoms with Gasteiger partial charge in [-0.25, -0.2) is 0 Å². The number of carbonyl (C=O) groups is 2. The normalized spacial score (nSPS) is 10.2. The van der Waals surface area contributed by atoms with Crippen molar-refractivity contribution in [2.75, 3.05) is 6.61 Å². The molecule has 0 aromatic carbocycles. The van der Waals surface area contributed by atoms with Gasteiger partial charge in [0.15, 0.2) is 0 Å². The fourth-order valence-electron chi connectivity index (χ4n) is 2.51. The molecule has 0 saturated heterocycles. The van der Waals surface area contributed by atoms with Gasteiger partial charge >= 0.3 is 11.9 Å². The van der Waals surface area contributed by atoms with Crippen molar-refractivity contribution in [2.24, 2.45) is 0 Å². The van der Waals surface area contributed by atoms with E-state index in [0.29, 0.717) is 19.4 Å². The van der Waals surface area contributed by atoms with Gasteiger partial charge in [-0.2, -0.15) is 0 Å². The highest BCUT2D eigenvalue weighted by molar-refractivity contribution is 5.67. The second kappa shape index (κ2) is 22.9. The third-order valence-electron chi connectivity index (χ3n) is 4.04. The number of aliphatic hydroxyl groups excluding tert-OH is 1. The maximum absolute atomic E-state index is 9.90. The van der Waals surface area contributed by atoms with E-state index in [1.807, 2.05) is 0 Å². The van der Waals surface area contributed by atoms with Gasteiger partial charge in [-0.15, -0.1) is 0 Å². The summed E-state index contributed by atoms with van der Waals surface area (Å²) < 4.78 is 0. The number of hydrogen-bond donors (Lipinski definition) is 3. The second-order valence-electron chi connectivity index (χ2n) is 6.61. The number of carboxylic acids is 2. The minimum Gasteiger partial charge on any atom is -0.481 e. The first-order valence-corrected chi connectivity index (χ1v) is 10.1. The largest absolute Gasteiger partial charge is 0.481 e. The molecule has 0 rings (SSSR count).